The number of halogens is 2. The van der Waals surface area contributed by atoms with Gasteiger partial charge in [-0.05, 0) is 49.1 Å². The van der Waals surface area contributed by atoms with Crippen molar-refractivity contribution in [1.82, 2.24) is 5.32 Å². The van der Waals surface area contributed by atoms with Crippen LogP contribution in [0.5, 0.6) is 0 Å². The van der Waals surface area contributed by atoms with Crippen LogP contribution in [-0.4, -0.2) is 28.9 Å². The maximum atomic E-state index is 13.3. The lowest BCUT2D eigenvalue weighted by molar-refractivity contribution is -0.139. The monoisotopic (exact) mass is 404 g/mol. The Balaban J connectivity index is 2.21. The van der Waals surface area contributed by atoms with Gasteiger partial charge in [-0.2, -0.15) is 0 Å². The number of aliphatic carboxylic acids is 1. The van der Waals surface area contributed by atoms with E-state index in [1.165, 1.54) is 12.1 Å². The summed E-state index contributed by atoms with van der Waals surface area (Å²) in [6.07, 6.45) is 0.266. The van der Waals surface area contributed by atoms with Crippen molar-refractivity contribution in [2.45, 2.75) is 33.2 Å². The van der Waals surface area contributed by atoms with Crippen LogP contribution in [-0.2, 0) is 4.79 Å². The molecule has 0 aliphatic heterocycles. The molecule has 2 rings (SSSR count). The average molecular weight is 404 g/mol. The number of nitrogens with one attached hydrogen (secondary N) is 2. The van der Waals surface area contributed by atoms with E-state index in [-0.39, 0.29) is 29.2 Å². The number of carboxylic acid groups (broad SMARTS) is 1. The van der Waals surface area contributed by atoms with Crippen molar-refractivity contribution >= 4 is 23.5 Å². The fourth-order valence-corrected chi connectivity index (χ4v) is 2.71. The standard InChI is InChI=1S/C21H22F2N2O4/c1-11(2)6-18(21(28)29)25-19(26)13-5-4-12(3)17(9-13)24-20(27)14-7-15(22)10-16(23)8-14/h4-5,7-11,18H,6H2,1-3H3,(H,24,27)(H,25,26)(H,28,29). The van der Waals surface area contributed by atoms with E-state index in [0.717, 1.165) is 12.1 Å². The number of benzene rings is 2. The highest BCUT2D eigenvalue weighted by Crippen LogP contribution is 2.19. The van der Waals surface area contributed by atoms with Crippen molar-refractivity contribution < 1.29 is 28.3 Å². The summed E-state index contributed by atoms with van der Waals surface area (Å²) in [6.45, 7) is 5.37. The number of rotatable bonds is 7. The van der Waals surface area contributed by atoms with Crippen LogP contribution in [0, 0.1) is 24.5 Å². The fourth-order valence-electron chi connectivity index (χ4n) is 2.71. The summed E-state index contributed by atoms with van der Waals surface area (Å²) in [5.41, 5.74) is 0.817. The third-order valence-corrected chi connectivity index (χ3v) is 4.18. The lowest BCUT2D eigenvalue weighted by Gasteiger charge is -2.17. The maximum Gasteiger partial charge on any atom is 0.326 e. The SMILES string of the molecule is Cc1ccc(C(=O)NC(CC(C)C)C(=O)O)cc1NC(=O)c1cc(F)cc(F)c1. The zero-order chi connectivity index (χ0) is 21.7. The van der Waals surface area contributed by atoms with Gasteiger partial charge in [0.05, 0.1) is 0 Å². The molecule has 29 heavy (non-hydrogen) atoms. The van der Waals surface area contributed by atoms with Gasteiger partial charge in [-0.3, -0.25) is 9.59 Å². The highest BCUT2D eigenvalue weighted by atomic mass is 19.1. The highest BCUT2D eigenvalue weighted by molar-refractivity contribution is 6.05. The molecule has 0 radical (unpaired) electrons. The topological polar surface area (TPSA) is 95.5 Å². The second kappa shape index (κ2) is 9.27. The van der Waals surface area contributed by atoms with Gasteiger partial charge in [0.2, 0.25) is 0 Å². The predicted octanol–water partition coefficient (Wildman–Crippen LogP) is 3.75. The van der Waals surface area contributed by atoms with E-state index in [1.807, 2.05) is 13.8 Å². The van der Waals surface area contributed by atoms with E-state index in [9.17, 15) is 28.3 Å². The van der Waals surface area contributed by atoms with Crippen molar-refractivity contribution in [3.05, 3.63) is 64.7 Å². The summed E-state index contributed by atoms with van der Waals surface area (Å²) in [7, 11) is 0. The number of hydrogen-bond acceptors (Lipinski definition) is 3. The molecule has 0 heterocycles. The second-order valence-electron chi connectivity index (χ2n) is 7.14. The Morgan fingerprint density at radius 1 is 0.966 bits per heavy atom. The minimum atomic E-state index is -1.14. The summed E-state index contributed by atoms with van der Waals surface area (Å²) in [5, 5.41) is 14.2. The molecule has 2 amide bonds. The molecular weight excluding hydrogens is 382 g/mol. The molecule has 154 valence electrons. The maximum absolute atomic E-state index is 13.3. The number of hydrogen-bond donors (Lipinski definition) is 3. The lowest BCUT2D eigenvalue weighted by atomic mass is 10.0. The van der Waals surface area contributed by atoms with E-state index in [0.29, 0.717) is 11.6 Å². The molecule has 8 heteroatoms. The Morgan fingerprint density at radius 3 is 2.14 bits per heavy atom. The van der Waals surface area contributed by atoms with E-state index in [1.54, 1.807) is 13.0 Å². The van der Waals surface area contributed by atoms with Crippen molar-refractivity contribution in [1.29, 1.82) is 0 Å². The first-order valence-corrected chi connectivity index (χ1v) is 8.98. The van der Waals surface area contributed by atoms with E-state index in [2.05, 4.69) is 10.6 Å². The van der Waals surface area contributed by atoms with Crippen LogP contribution in [0.1, 0.15) is 46.5 Å². The summed E-state index contributed by atoms with van der Waals surface area (Å²) >= 11 is 0. The van der Waals surface area contributed by atoms with E-state index in [4.69, 9.17) is 0 Å². The van der Waals surface area contributed by atoms with Crippen molar-refractivity contribution in [3.8, 4) is 0 Å². The molecule has 0 spiro atoms. The van der Waals surface area contributed by atoms with Gasteiger partial charge in [-0.15, -0.1) is 0 Å². The van der Waals surface area contributed by atoms with Crippen LogP contribution < -0.4 is 10.6 Å². The summed E-state index contributed by atoms with van der Waals surface area (Å²) in [4.78, 5) is 36.1. The van der Waals surface area contributed by atoms with Gasteiger partial charge in [-0.1, -0.05) is 19.9 Å². The van der Waals surface area contributed by atoms with Gasteiger partial charge in [0.15, 0.2) is 0 Å². The smallest absolute Gasteiger partial charge is 0.326 e. The van der Waals surface area contributed by atoms with Crippen LogP contribution >= 0.6 is 0 Å². The largest absolute Gasteiger partial charge is 0.480 e. The van der Waals surface area contributed by atoms with E-state index >= 15 is 0 Å². The molecule has 0 bridgehead atoms. The van der Waals surface area contributed by atoms with Gasteiger partial charge < -0.3 is 15.7 Å². The molecule has 0 saturated carbocycles. The average Bonchev–Trinajstić information content (AvgIpc) is 2.61. The third kappa shape index (κ3) is 6.10. The van der Waals surface area contributed by atoms with Crippen LogP contribution in [0.15, 0.2) is 36.4 Å². The molecule has 0 aliphatic carbocycles. The molecule has 2 aromatic rings. The number of carbonyl (C=O) groups is 3. The normalized spacial score (nSPS) is 11.8. The zero-order valence-electron chi connectivity index (χ0n) is 16.3. The summed E-state index contributed by atoms with van der Waals surface area (Å²) < 4.78 is 26.7. The fraction of sp³-hybridized carbons (Fsp3) is 0.286. The Bertz CT molecular complexity index is 924. The van der Waals surface area contributed by atoms with Crippen molar-refractivity contribution in [2.75, 3.05) is 5.32 Å². The quantitative estimate of drug-likeness (QED) is 0.655. The highest BCUT2D eigenvalue weighted by Gasteiger charge is 2.22. The molecule has 6 nitrogen and oxygen atoms in total. The molecule has 0 fully saturated rings. The van der Waals surface area contributed by atoms with Gasteiger partial charge in [-0.25, -0.2) is 13.6 Å². The predicted molar refractivity (Wildman–Crippen MR) is 104 cm³/mol. The Labute approximate surface area is 166 Å². The first-order valence-electron chi connectivity index (χ1n) is 8.98. The van der Waals surface area contributed by atoms with Crippen LogP contribution in [0.25, 0.3) is 0 Å². The van der Waals surface area contributed by atoms with Crippen molar-refractivity contribution in [3.63, 3.8) is 0 Å². The summed E-state index contributed by atoms with van der Waals surface area (Å²) in [5.74, 6) is -4.19. The molecule has 0 aromatic heterocycles. The zero-order valence-corrected chi connectivity index (χ0v) is 16.3. The van der Waals surface area contributed by atoms with Gasteiger partial charge in [0, 0.05) is 22.9 Å². The van der Waals surface area contributed by atoms with Crippen LogP contribution in [0.3, 0.4) is 0 Å². The van der Waals surface area contributed by atoms with Gasteiger partial charge in [0.25, 0.3) is 11.8 Å². The molecule has 1 unspecified atom stereocenters. The minimum absolute atomic E-state index is 0.0657. The number of amides is 2. The van der Waals surface area contributed by atoms with Crippen LogP contribution in [0.4, 0.5) is 14.5 Å². The molecular formula is C21H22F2N2O4. The molecule has 0 saturated heterocycles. The molecule has 1 atom stereocenters. The summed E-state index contributed by atoms with van der Waals surface area (Å²) in [6, 6.07) is 5.86. The van der Waals surface area contributed by atoms with Crippen molar-refractivity contribution in [2.24, 2.45) is 5.92 Å². The van der Waals surface area contributed by atoms with Crippen LogP contribution in [0.2, 0.25) is 0 Å². The Hall–Kier alpha value is -3.29. The number of anilines is 1. The first-order chi connectivity index (χ1) is 13.6. The van der Waals surface area contributed by atoms with Gasteiger partial charge >= 0.3 is 5.97 Å². The lowest BCUT2D eigenvalue weighted by Crippen LogP contribution is -2.41. The Kier molecular flexibility index (Phi) is 7.03. The number of aryl methyl sites for hydroxylation is 1. The Morgan fingerprint density at radius 2 is 1.59 bits per heavy atom. The molecule has 2 aromatic carbocycles. The molecule has 3 N–H and O–H groups in total. The first kappa shape index (κ1) is 22.0. The molecule has 0 aliphatic rings. The second-order valence-corrected chi connectivity index (χ2v) is 7.14. The third-order valence-electron chi connectivity index (χ3n) is 4.18. The number of carbonyl (C=O) groups excluding carboxylic acids is 2. The van der Waals surface area contributed by atoms with Gasteiger partial charge in [0.1, 0.15) is 17.7 Å². The number of carboxylic acids is 1. The van der Waals surface area contributed by atoms with E-state index < -0.39 is 35.5 Å². The minimum Gasteiger partial charge on any atom is -0.480 e.